The number of benzene rings is 1. The molecule has 1 heterocycles. The first kappa shape index (κ1) is 14.4. The first-order valence-corrected chi connectivity index (χ1v) is 7.30. The van der Waals surface area contributed by atoms with Gasteiger partial charge in [-0.3, -0.25) is 20.3 Å². The van der Waals surface area contributed by atoms with E-state index in [0.29, 0.717) is 16.3 Å². The molecule has 3 N–H and O–H groups in total. The maximum absolute atomic E-state index is 11.3. The van der Waals surface area contributed by atoms with Crippen molar-refractivity contribution in [1.82, 2.24) is 10.4 Å². The fourth-order valence-corrected chi connectivity index (χ4v) is 3.16. The van der Waals surface area contributed by atoms with E-state index in [0.717, 1.165) is 0 Å². The molecule has 1 amide bonds. The monoisotopic (exact) mass is 310 g/mol. The highest BCUT2D eigenvalue weighted by atomic mass is 32.2. The molecule has 1 aromatic heterocycles. The third-order valence-electron chi connectivity index (χ3n) is 2.31. The van der Waals surface area contributed by atoms with Crippen molar-refractivity contribution in [2.45, 2.75) is 10.6 Å². The maximum Gasteiger partial charge on any atom is 0.294 e. The average Bonchev–Trinajstić information content (AvgIpc) is 2.93. The van der Waals surface area contributed by atoms with Crippen molar-refractivity contribution in [1.29, 1.82) is 0 Å². The molecule has 0 saturated carbocycles. The number of thioether (sulfide) groups is 1. The second-order valence-corrected chi connectivity index (χ2v) is 5.51. The molecule has 9 heteroatoms. The number of amides is 1. The van der Waals surface area contributed by atoms with Gasteiger partial charge in [0.2, 0.25) is 0 Å². The van der Waals surface area contributed by atoms with Crippen LogP contribution in [-0.4, -0.2) is 15.8 Å². The summed E-state index contributed by atoms with van der Waals surface area (Å²) >= 11 is 2.48. The average molecular weight is 310 g/mol. The number of nitro benzene ring substituents is 1. The van der Waals surface area contributed by atoms with Crippen molar-refractivity contribution in [2.75, 3.05) is 0 Å². The van der Waals surface area contributed by atoms with Gasteiger partial charge in [-0.1, -0.05) is 12.1 Å². The summed E-state index contributed by atoms with van der Waals surface area (Å²) in [7, 11) is 0. The van der Waals surface area contributed by atoms with Crippen molar-refractivity contribution < 1.29 is 9.72 Å². The van der Waals surface area contributed by atoms with Crippen LogP contribution < -0.4 is 11.3 Å². The van der Waals surface area contributed by atoms with E-state index >= 15 is 0 Å². The van der Waals surface area contributed by atoms with Crippen molar-refractivity contribution in [3.05, 3.63) is 50.5 Å². The molecule has 0 unspecified atom stereocenters. The second kappa shape index (κ2) is 6.46. The molecular weight excluding hydrogens is 300 g/mol. The topological polar surface area (TPSA) is 111 Å². The lowest BCUT2D eigenvalue weighted by atomic mass is 10.3. The van der Waals surface area contributed by atoms with Crippen LogP contribution in [0.3, 0.4) is 0 Å². The zero-order valence-electron chi connectivity index (χ0n) is 10.1. The largest absolute Gasteiger partial charge is 0.294 e. The van der Waals surface area contributed by atoms with E-state index in [2.05, 4.69) is 4.98 Å². The first-order chi connectivity index (χ1) is 9.61. The molecule has 7 nitrogen and oxygen atoms in total. The Morgan fingerprint density at radius 2 is 2.25 bits per heavy atom. The SMILES string of the molecule is NNC(=O)c1nc(CSc2ccccc2[N+](=O)[O-])cs1. The number of nitrogens with zero attached hydrogens (tertiary/aromatic N) is 2. The Hall–Kier alpha value is -1.97. The summed E-state index contributed by atoms with van der Waals surface area (Å²) in [6.45, 7) is 0. The third-order valence-corrected chi connectivity index (χ3v) is 4.30. The van der Waals surface area contributed by atoms with Gasteiger partial charge in [-0.05, 0) is 6.07 Å². The molecule has 0 spiro atoms. The molecule has 0 saturated heterocycles. The predicted molar refractivity (Wildman–Crippen MR) is 76.4 cm³/mol. The van der Waals surface area contributed by atoms with Crippen LogP contribution in [0.5, 0.6) is 0 Å². The van der Waals surface area contributed by atoms with E-state index in [1.54, 1.807) is 23.6 Å². The van der Waals surface area contributed by atoms with Gasteiger partial charge in [0.1, 0.15) is 0 Å². The summed E-state index contributed by atoms with van der Waals surface area (Å²) in [4.78, 5) is 26.4. The van der Waals surface area contributed by atoms with Crippen LogP contribution in [-0.2, 0) is 5.75 Å². The second-order valence-electron chi connectivity index (χ2n) is 3.63. The summed E-state index contributed by atoms with van der Waals surface area (Å²) in [5.74, 6) is 5.01. The van der Waals surface area contributed by atoms with E-state index in [1.165, 1.54) is 29.2 Å². The minimum absolute atomic E-state index is 0.0626. The maximum atomic E-state index is 11.3. The normalized spacial score (nSPS) is 10.2. The minimum atomic E-state index is -0.447. The smallest absolute Gasteiger partial charge is 0.288 e. The molecule has 104 valence electrons. The number of nitrogens with one attached hydrogen (secondary N) is 1. The molecular formula is C11H10N4O3S2. The number of nitrogens with two attached hydrogens (primary N) is 1. The van der Waals surface area contributed by atoms with Crippen molar-refractivity contribution in [3.63, 3.8) is 0 Å². The molecule has 1 aromatic carbocycles. The summed E-state index contributed by atoms with van der Waals surface area (Å²) in [6, 6.07) is 6.50. The molecule has 0 aliphatic heterocycles. The number of hydrazine groups is 1. The Morgan fingerprint density at radius 1 is 1.50 bits per heavy atom. The lowest BCUT2D eigenvalue weighted by molar-refractivity contribution is -0.387. The van der Waals surface area contributed by atoms with Gasteiger partial charge in [0.05, 0.1) is 15.5 Å². The van der Waals surface area contributed by atoms with Gasteiger partial charge in [0, 0.05) is 17.2 Å². The molecule has 0 fully saturated rings. The number of hydrogen-bond donors (Lipinski definition) is 2. The van der Waals surface area contributed by atoms with Crippen LogP contribution in [0.1, 0.15) is 15.5 Å². The Morgan fingerprint density at radius 3 is 2.95 bits per heavy atom. The summed E-state index contributed by atoms with van der Waals surface area (Å²) < 4.78 is 0. The van der Waals surface area contributed by atoms with E-state index in [4.69, 9.17) is 5.84 Å². The predicted octanol–water partition coefficient (Wildman–Crippen LogP) is 1.95. The molecule has 0 aliphatic carbocycles. The van der Waals surface area contributed by atoms with Crippen LogP contribution in [0.2, 0.25) is 0 Å². The number of nitrogen functional groups attached to an aromatic ring is 1. The highest BCUT2D eigenvalue weighted by molar-refractivity contribution is 7.98. The van der Waals surface area contributed by atoms with Crippen LogP contribution in [0.4, 0.5) is 5.69 Å². The number of para-hydroxylation sites is 1. The van der Waals surface area contributed by atoms with Crippen molar-refractivity contribution >= 4 is 34.7 Å². The fraction of sp³-hybridized carbons (Fsp3) is 0.0909. The van der Waals surface area contributed by atoms with Gasteiger partial charge in [0.25, 0.3) is 11.6 Å². The third kappa shape index (κ3) is 3.32. The molecule has 0 bridgehead atoms. The van der Waals surface area contributed by atoms with Crippen LogP contribution in [0.15, 0.2) is 34.5 Å². The summed E-state index contributed by atoms with van der Waals surface area (Å²) in [5.41, 5.74) is 2.75. The number of nitro groups is 1. The Kier molecular flexibility index (Phi) is 4.66. The van der Waals surface area contributed by atoms with Gasteiger partial charge in [0.15, 0.2) is 5.01 Å². The zero-order valence-corrected chi connectivity index (χ0v) is 11.7. The van der Waals surface area contributed by atoms with Crippen LogP contribution in [0, 0.1) is 10.1 Å². The van der Waals surface area contributed by atoms with Gasteiger partial charge >= 0.3 is 0 Å². The molecule has 2 rings (SSSR count). The lowest BCUT2D eigenvalue weighted by Gasteiger charge is -2.00. The van der Waals surface area contributed by atoms with E-state index in [1.807, 2.05) is 5.43 Å². The van der Waals surface area contributed by atoms with E-state index in [-0.39, 0.29) is 10.7 Å². The number of carbonyl (C=O) groups is 1. The lowest BCUT2D eigenvalue weighted by Crippen LogP contribution is -2.29. The van der Waals surface area contributed by atoms with Gasteiger partial charge in [-0.25, -0.2) is 10.8 Å². The Bertz CT molecular complexity index is 644. The fourth-order valence-electron chi connectivity index (χ4n) is 1.42. The quantitative estimate of drug-likeness (QED) is 0.287. The summed E-state index contributed by atoms with van der Waals surface area (Å²) in [6.07, 6.45) is 0. The van der Waals surface area contributed by atoms with Crippen LogP contribution in [0.25, 0.3) is 0 Å². The standard InChI is InChI=1S/C11H10N4O3S2/c12-14-10(16)11-13-7(6-20-11)5-19-9-4-2-1-3-8(9)15(17)18/h1-4,6H,5,12H2,(H,14,16). The molecule has 0 atom stereocenters. The van der Waals surface area contributed by atoms with Gasteiger partial charge in [-0.2, -0.15) is 0 Å². The van der Waals surface area contributed by atoms with Gasteiger partial charge in [-0.15, -0.1) is 23.1 Å². The first-order valence-electron chi connectivity index (χ1n) is 5.43. The molecule has 0 radical (unpaired) electrons. The van der Waals surface area contributed by atoms with Gasteiger partial charge < -0.3 is 0 Å². The zero-order chi connectivity index (χ0) is 14.5. The highest BCUT2D eigenvalue weighted by Crippen LogP contribution is 2.31. The Labute approximate surface area is 122 Å². The number of hydrogen-bond acceptors (Lipinski definition) is 7. The van der Waals surface area contributed by atoms with Crippen molar-refractivity contribution in [2.24, 2.45) is 5.84 Å². The number of carbonyl (C=O) groups excluding carboxylic acids is 1. The summed E-state index contributed by atoms with van der Waals surface area (Å²) in [5, 5.41) is 12.9. The Balaban J connectivity index is 2.07. The van der Waals surface area contributed by atoms with Crippen molar-refractivity contribution in [3.8, 4) is 0 Å². The van der Waals surface area contributed by atoms with E-state index in [9.17, 15) is 14.9 Å². The molecule has 2 aromatic rings. The number of aromatic nitrogens is 1. The van der Waals surface area contributed by atoms with Crippen LogP contribution >= 0.6 is 23.1 Å². The minimum Gasteiger partial charge on any atom is -0.288 e. The number of thiazole rings is 1. The number of rotatable bonds is 5. The molecule has 20 heavy (non-hydrogen) atoms. The molecule has 0 aliphatic rings. The highest BCUT2D eigenvalue weighted by Gasteiger charge is 2.14. The van der Waals surface area contributed by atoms with E-state index < -0.39 is 10.8 Å².